The van der Waals surface area contributed by atoms with E-state index < -0.39 is 6.04 Å². The van der Waals surface area contributed by atoms with E-state index in [1.807, 2.05) is 20.8 Å². The third-order valence-electron chi connectivity index (χ3n) is 5.13. The molecular formula is C24H30Cl2N2O2S. The maximum Gasteiger partial charge on any atom is 0.242 e. The zero-order valence-corrected chi connectivity index (χ0v) is 20.8. The van der Waals surface area contributed by atoms with Gasteiger partial charge in [0.15, 0.2) is 0 Å². The molecule has 0 aliphatic rings. The van der Waals surface area contributed by atoms with E-state index in [4.69, 9.17) is 23.2 Å². The predicted octanol–water partition coefficient (Wildman–Crippen LogP) is 6.12. The van der Waals surface area contributed by atoms with Crippen molar-refractivity contribution in [3.8, 4) is 0 Å². The lowest BCUT2D eigenvalue weighted by molar-refractivity contribution is -0.140. The molecule has 0 aliphatic carbocycles. The van der Waals surface area contributed by atoms with Crippen molar-refractivity contribution in [3.63, 3.8) is 0 Å². The van der Waals surface area contributed by atoms with Crippen molar-refractivity contribution in [3.05, 3.63) is 63.6 Å². The number of carbonyl (C=O) groups excluding carboxylic acids is 2. The van der Waals surface area contributed by atoms with Gasteiger partial charge in [-0.25, -0.2) is 0 Å². The highest BCUT2D eigenvalue weighted by Crippen LogP contribution is 2.24. The molecule has 0 bridgehead atoms. The highest BCUT2D eigenvalue weighted by Gasteiger charge is 2.27. The summed E-state index contributed by atoms with van der Waals surface area (Å²) < 4.78 is 0. The standard InChI is InChI=1S/C24H30Cl2N2O2S/c1-5-17(3)27-24(30)18(4)28(15-19-8-9-20(25)14-22(19)26)23(29)12-13-31-21-10-6-16(2)7-11-21/h6-11,14,17-18H,5,12-13,15H2,1-4H3,(H,27,30)/t17-,18-/m0/s1. The van der Waals surface area contributed by atoms with Crippen molar-refractivity contribution < 1.29 is 9.59 Å². The van der Waals surface area contributed by atoms with Crippen LogP contribution < -0.4 is 5.32 Å². The Morgan fingerprint density at radius 3 is 2.39 bits per heavy atom. The van der Waals surface area contributed by atoms with Gasteiger partial charge in [-0.3, -0.25) is 9.59 Å². The molecule has 0 saturated heterocycles. The molecule has 1 N–H and O–H groups in total. The zero-order chi connectivity index (χ0) is 23.0. The van der Waals surface area contributed by atoms with Gasteiger partial charge in [-0.2, -0.15) is 0 Å². The molecular weight excluding hydrogens is 451 g/mol. The van der Waals surface area contributed by atoms with Crippen LogP contribution in [0, 0.1) is 6.92 Å². The van der Waals surface area contributed by atoms with Crippen LogP contribution >= 0.6 is 35.0 Å². The summed E-state index contributed by atoms with van der Waals surface area (Å²) in [4.78, 5) is 28.6. The molecule has 2 aromatic rings. The van der Waals surface area contributed by atoms with Crippen molar-refractivity contribution in [2.45, 2.75) is 64.1 Å². The number of aryl methyl sites for hydroxylation is 1. The Kier molecular flexibility index (Phi) is 10.2. The lowest BCUT2D eigenvalue weighted by atomic mass is 10.1. The number of halogens is 2. The average Bonchev–Trinajstić information content (AvgIpc) is 2.73. The van der Waals surface area contributed by atoms with Crippen molar-refractivity contribution in [2.24, 2.45) is 0 Å². The van der Waals surface area contributed by atoms with Crippen LogP contribution in [0.2, 0.25) is 10.0 Å². The first kappa shape index (κ1) is 25.6. The third-order valence-corrected chi connectivity index (χ3v) is 6.73. The van der Waals surface area contributed by atoms with Gasteiger partial charge >= 0.3 is 0 Å². The lowest BCUT2D eigenvalue weighted by Gasteiger charge is -2.30. The molecule has 0 spiro atoms. The molecule has 2 atom stereocenters. The topological polar surface area (TPSA) is 49.4 Å². The van der Waals surface area contributed by atoms with Crippen LogP contribution in [-0.4, -0.2) is 34.6 Å². The fraction of sp³-hybridized carbons (Fsp3) is 0.417. The minimum atomic E-state index is -0.613. The number of benzene rings is 2. The smallest absolute Gasteiger partial charge is 0.242 e. The summed E-state index contributed by atoms with van der Waals surface area (Å²) in [7, 11) is 0. The van der Waals surface area contributed by atoms with Gasteiger partial charge in [0.1, 0.15) is 6.04 Å². The summed E-state index contributed by atoms with van der Waals surface area (Å²) in [5, 5.41) is 3.98. The second-order valence-corrected chi connectivity index (χ2v) is 9.67. The second kappa shape index (κ2) is 12.4. The maximum absolute atomic E-state index is 13.1. The van der Waals surface area contributed by atoms with Crippen molar-refractivity contribution in [2.75, 3.05) is 5.75 Å². The molecule has 0 saturated carbocycles. The molecule has 31 heavy (non-hydrogen) atoms. The SMILES string of the molecule is CC[C@H](C)NC(=O)[C@H](C)N(Cc1ccc(Cl)cc1Cl)C(=O)CCSc1ccc(C)cc1. The number of carbonyl (C=O) groups is 2. The van der Waals surface area contributed by atoms with Gasteiger partial charge in [0, 0.05) is 39.7 Å². The molecule has 0 radical (unpaired) electrons. The number of nitrogens with zero attached hydrogens (tertiary/aromatic N) is 1. The van der Waals surface area contributed by atoms with Crippen LogP contribution in [-0.2, 0) is 16.1 Å². The first-order chi connectivity index (χ1) is 14.7. The predicted molar refractivity (Wildman–Crippen MR) is 131 cm³/mol. The summed E-state index contributed by atoms with van der Waals surface area (Å²) in [5.74, 6) is 0.378. The summed E-state index contributed by atoms with van der Waals surface area (Å²) in [6, 6.07) is 12.8. The van der Waals surface area contributed by atoms with E-state index in [0.717, 1.165) is 16.9 Å². The molecule has 0 heterocycles. The van der Waals surface area contributed by atoms with Crippen LogP contribution in [0.1, 0.15) is 44.7 Å². The summed E-state index contributed by atoms with van der Waals surface area (Å²) in [5.41, 5.74) is 1.96. The molecule has 0 fully saturated rings. The molecule has 0 aromatic heterocycles. The quantitative estimate of drug-likeness (QED) is 0.416. The Balaban J connectivity index is 2.11. The van der Waals surface area contributed by atoms with E-state index in [9.17, 15) is 9.59 Å². The van der Waals surface area contributed by atoms with Gasteiger partial charge in [0.25, 0.3) is 0 Å². The van der Waals surface area contributed by atoms with Crippen molar-refractivity contribution >= 4 is 46.8 Å². The molecule has 0 aliphatic heterocycles. The molecule has 0 unspecified atom stereocenters. The first-order valence-electron chi connectivity index (χ1n) is 10.4. The molecule has 2 amide bonds. The third kappa shape index (κ3) is 8.06. The van der Waals surface area contributed by atoms with E-state index in [0.29, 0.717) is 22.2 Å². The maximum atomic E-state index is 13.1. The van der Waals surface area contributed by atoms with E-state index in [2.05, 4.69) is 29.6 Å². The van der Waals surface area contributed by atoms with Gasteiger partial charge in [-0.15, -0.1) is 11.8 Å². The van der Waals surface area contributed by atoms with E-state index >= 15 is 0 Å². The minimum Gasteiger partial charge on any atom is -0.352 e. The fourth-order valence-electron chi connectivity index (χ4n) is 2.92. The molecule has 2 aromatic carbocycles. The van der Waals surface area contributed by atoms with Gasteiger partial charge in [0.2, 0.25) is 11.8 Å². The van der Waals surface area contributed by atoms with Gasteiger partial charge in [0.05, 0.1) is 0 Å². The number of nitrogens with one attached hydrogen (secondary N) is 1. The van der Waals surface area contributed by atoms with E-state index in [1.54, 1.807) is 41.8 Å². The average molecular weight is 481 g/mol. The number of amides is 2. The minimum absolute atomic E-state index is 0.0446. The molecule has 7 heteroatoms. The van der Waals surface area contributed by atoms with E-state index in [1.165, 1.54) is 5.56 Å². The van der Waals surface area contributed by atoms with Crippen LogP contribution in [0.15, 0.2) is 47.4 Å². The number of hydrogen-bond acceptors (Lipinski definition) is 3. The van der Waals surface area contributed by atoms with Crippen molar-refractivity contribution in [1.82, 2.24) is 10.2 Å². The summed E-state index contributed by atoms with van der Waals surface area (Å²) in [6.45, 7) is 8.01. The number of thioether (sulfide) groups is 1. The van der Waals surface area contributed by atoms with Crippen LogP contribution in [0.4, 0.5) is 0 Å². The van der Waals surface area contributed by atoms with Crippen LogP contribution in [0.5, 0.6) is 0 Å². The Morgan fingerprint density at radius 1 is 1.10 bits per heavy atom. The molecule has 2 rings (SSSR count). The van der Waals surface area contributed by atoms with Crippen LogP contribution in [0.25, 0.3) is 0 Å². The zero-order valence-electron chi connectivity index (χ0n) is 18.5. The van der Waals surface area contributed by atoms with Gasteiger partial charge in [-0.1, -0.05) is 53.9 Å². The fourth-order valence-corrected chi connectivity index (χ4v) is 4.23. The largest absolute Gasteiger partial charge is 0.352 e. The monoisotopic (exact) mass is 480 g/mol. The number of hydrogen-bond donors (Lipinski definition) is 1. The first-order valence-corrected chi connectivity index (χ1v) is 12.2. The number of rotatable bonds is 10. The normalized spacial score (nSPS) is 12.8. The highest BCUT2D eigenvalue weighted by atomic mass is 35.5. The van der Waals surface area contributed by atoms with Gasteiger partial charge < -0.3 is 10.2 Å². The molecule has 4 nitrogen and oxygen atoms in total. The Bertz CT molecular complexity index is 890. The Hall–Kier alpha value is -1.69. The summed E-state index contributed by atoms with van der Waals surface area (Å²) >= 11 is 14.0. The summed E-state index contributed by atoms with van der Waals surface area (Å²) in [6.07, 6.45) is 1.15. The Morgan fingerprint density at radius 2 is 1.77 bits per heavy atom. The Labute approximate surface area is 199 Å². The molecule has 168 valence electrons. The second-order valence-electron chi connectivity index (χ2n) is 7.66. The van der Waals surface area contributed by atoms with Crippen LogP contribution in [0.3, 0.4) is 0 Å². The highest BCUT2D eigenvalue weighted by molar-refractivity contribution is 7.99. The van der Waals surface area contributed by atoms with Crippen molar-refractivity contribution in [1.29, 1.82) is 0 Å². The van der Waals surface area contributed by atoms with E-state index in [-0.39, 0.29) is 24.4 Å². The lowest BCUT2D eigenvalue weighted by Crippen LogP contribution is -2.49. The van der Waals surface area contributed by atoms with Gasteiger partial charge in [-0.05, 0) is 57.0 Å².